The molecule has 9 heteroatoms. The smallest absolute Gasteiger partial charge is 0.276 e. The van der Waals surface area contributed by atoms with E-state index in [4.69, 9.17) is 16.0 Å². The van der Waals surface area contributed by atoms with Crippen molar-refractivity contribution >= 4 is 38.9 Å². The lowest BCUT2D eigenvalue weighted by atomic mass is 10.1. The third-order valence-corrected chi connectivity index (χ3v) is 5.58. The first kappa shape index (κ1) is 20.6. The van der Waals surface area contributed by atoms with Crippen molar-refractivity contribution in [2.75, 3.05) is 5.32 Å². The van der Waals surface area contributed by atoms with Crippen LogP contribution in [-0.2, 0) is 10.0 Å². The average molecular weight is 432 g/mol. The number of hydrogen-bond acceptors (Lipinski definition) is 5. The van der Waals surface area contributed by atoms with Crippen LogP contribution in [0.4, 0.5) is 5.69 Å². The van der Waals surface area contributed by atoms with E-state index >= 15 is 0 Å². The molecule has 3 rings (SSSR count). The summed E-state index contributed by atoms with van der Waals surface area (Å²) in [5.74, 6) is 0.222. The molecule has 1 amide bonds. The van der Waals surface area contributed by atoms with E-state index in [-0.39, 0.29) is 10.8 Å². The highest BCUT2D eigenvalue weighted by Gasteiger charge is 2.14. The molecule has 0 aliphatic rings. The minimum Gasteiger partial charge on any atom is -0.469 e. The average Bonchev–Trinajstić information content (AvgIpc) is 3.13. The highest BCUT2D eigenvalue weighted by Crippen LogP contribution is 2.16. The van der Waals surface area contributed by atoms with E-state index in [0.29, 0.717) is 33.3 Å². The molecule has 3 aromatic rings. The van der Waals surface area contributed by atoms with Crippen LogP contribution < -0.4 is 10.1 Å². The number of benzene rings is 2. The van der Waals surface area contributed by atoms with Gasteiger partial charge in [-0.3, -0.25) is 4.79 Å². The molecule has 150 valence electrons. The van der Waals surface area contributed by atoms with E-state index in [0.717, 1.165) is 0 Å². The quantitative estimate of drug-likeness (QED) is 0.451. The molecule has 0 aliphatic carbocycles. The minimum absolute atomic E-state index is 0.0509. The molecular weight excluding hydrogens is 414 g/mol. The van der Waals surface area contributed by atoms with Crippen LogP contribution in [-0.4, -0.2) is 20.0 Å². The number of aryl methyl sites for hydroxylation is 1. The second-order valence-electron chi connectivity index (χ2n) is 6.17. The monoisotopic (exact) mass is 431 g/mol. The van der Waals surface area contributed by atoms with Crippen LogP contribution in [0.1, 0.15) is 28.6 Å². The molecule has 0 unspecified atom stereocenters. The standard InChI is InChI=1S/C20H18ClN3O4S/c1-13(23-24-29(26,27)18-8-6-16(21)7-9-18)15-4-3-5-17(12-15)22-20(25)19-10-11-28-14(19)2/h3-12,24H,1-2H3,(H,22,25). The van der Waals surface area contributed by atoms with Gasteiger partial charge >= 0.3 is 0 Å². The fraction of sp³-hybridized carbons (Fsp3) is 0.100. The largest absolute Gasteiger partial charge is 0.469 e. The van der Waals surface area contributed by atoms with Crippen LogP contribution in [0.5, 0.6) is 0 Å². The van der Waals surface area contributed by atoms with Gasteiger partial charge in [0.1, 0.15) is 5.76 Å². The van der Waals surface area contributed by atoms with Gasteiger partial charge in [-0.25, -0.2) is 0 Å². The zero-order chi connectivity index (χ0) is 21.0. The molecule has 0 fully saturated rings. The Labute approximate surface area is 173 Å². The van der Waals surface area contributed by atoms with Crippen molar-refractivity contribution < 1.29 is 17.6 Å². The minimum atomic E-state index is -3.82. The normalized spacial score (nSPS) is 11.9. The first-order valence-corrected chi connectivity index (χ1v) is 10.4. The Morgan fingerprint density at radius 1 is 1.10 bits per heavy atom. The third kappa shape index (κ3) is 5.04. The van der Waals surface area contributed by atoms with E-state index in [1.54, 1.807) is 44.2 Å². The van der Waals surface area contributed by atoms with Crippen molar-refractivity contribution in [2.24, 2.45) is 5.10 Å². The Hall–Kier alpha value is -3.10. The van der Waals surface area contributed by atoms with Crippen LogP contribution in [0.15, 0.2) is 75.3 Å². The molecule has 0 spiro atoms. The van der Waals surface area contributed by atoms with E-state index in [1.165, 1.54) is 30.5 Å². The van der Waals surface area contributed by atoms with Crippen molar-refractivity contribution in [2.45, 2.75) is 18.7 Å². The van der Waals surface area contributed by atoms with Crippen LogP contribution in [0, 0.1) is 6.92 Å². The number of halogens is 1. The molecule has 0 bridgehead atoms. The molecule has 0 radical (unpaired) electrons. The number of sulfonamides is 1. The molecule has 0 aliphatic heterocycles. The maximum absolute atomic E-state index is 12.3. The molecule has 0 saturated heterocycles. The summed E-state index contributed by atoms with van der Waals surface area (Å²) in [4.78, 5) is 14.6. The highest BCUT2D eigenvalue weighted by atomic mass is 35.5. The molecule has 0 atom stereocenters. The van der Waals surface area contributed by atoms with Gasteiger partial charge in [0, 0.05) is 10.7 Å². The summed E-state index contributed by atoms with van der Waals surface area (Å²) < 4.78 is 29.8. The zero-order valence-electron chi connectivity index (χ0n) is 15.6. The topological polar surface area (TPSA) is 101 Å². The van der Waals surface area contributed by atoms with Gasteiger partial charge in [-0.1, -0.05) is 23.7 Å². The van der Waals surface area contributed by atoms with Gasteiger partial charge in [0.2, 0.25) is 0 Å². The van der Waals surface area contributed by atoms with Crippen LogP contribution >= 0.6 is 11.6 Å². The number of nitrogens with one attached hydrogen (secondary N) is 2. The van der Waals surface area contributed by atoms with Gasteiger partial charge in [0.15, 0.2) is 0 Å². The molecule has 1 aromatic heterocycles. The Balaban J connectivity index is 1.75. The first-order chi connectivity index (χ1) is 13.8. The van der Waals surface area contributed by atoms with Crippen LogP contribution in [0.3, 0.4) is 0 Å². The molecule has 0 saturated carbocycles. The predicted octanol–water partition coefficient (Wildman–Crippen LogP) is 4.20. The van der Waals surface area contributed by atoms with Crippen LogP contribution in [0.25, 0.3) is 0 Å². The SMILES string of the molecule is CC(=NNS(=O)(=O)c1ccc(Cl)cc1)c1cccc(NC(=O)c2ccoc2C)c1. The Morgan fingerprint density at radius 2 is 1.83 bits per heavy atom. The molecule has 1 heterocycles. The third-order valence-electron chi connectivity index (χ3n) is 4.10. The molecule has 7 nitrogen and oxygen atoms in total. The van der Waals surface area contributed by atoms with Crippen molar-refractivity contribution in [1.29, 1.82) is 0 Å². The lowest BCUT2D eigenvalue weighted by Crippen LogP contribution is -2.20. The summed E-state index contributed by atoms with van der Waals surface area (Å²) in [6.07, 6.45) is 1.45. The number of furan rings is 1. The molecule has 2 N–H and O–H groups in total. The summed E-state index contributed by atoms with van der Waals surface area (Å²) in [6, 6.07) is 14.3. The van der Waals surface area contributed by atoms with E-state index in [1.807, 2.05) is 0 Å². The van der Waals surface area contributed by atoms with E-state index in [2.05, 4.69) is 15.2 Å². The number of carbonyl (C=O) groups excluding carboxylic acids is 1. The summed E-state index contributed by atoms with van der Waals surface area (Å²) in [5, 5.41) is 7.18. The van der Waals surface area contributed by atoms with Crippen molar-refractivity contribution in [1.82, 2.24) is 4.83 Å². The number of carbonyl (C=O) groups is 1. The van der Waals surface area contributed by atoms with Gasteiger partial charge in [0.25, 0.3) is 15.9 Å². The summed E-state index contributed by atoms with van der Waals surface area (Å²) in [6.45, 7) is 3.36. The number of amides is 1. The number of hydrogen-bond donors (Lipinski definition) is 2. The fourth-order valence-corrected chi connectivity index (χ4v) is 3.48. The number of rotatable bonds is 6. The van der Waals surface area contributed by atoms with E-state index in [9.17, 15) is 13.2 Å². The summed E-state index contributed by atoms with van der Waals surface area (Å²) >= 11 is 5.78. The van der Waals surface area contributed by atoms with E-state index < -0.39 is 10.0 Å². The second-order valence-corrected chi connectivity index (χ2v) is 8.27. The van der Waals surface area contributed by atoms with Crippen molar-refractivity contribution in [3.63, 3.8) is 0 Å². The Morgan fingerprint density at radius 3 is 2.48 bits per heavy atom. The fourth-order valence-electron chi connectivity index (χ4n) is 2.50. The number of anilines is 1. The predicted molar refractivity (Wildman–Crippen MR) is 112 cm³/mol. The number of nitrogens with zero attached hydrogens (tertiary/aromatic N) is 1. The van der Waals surface area contributed by atoms with Crippen LogP contribution in [0.2, 0.25) is 5.02 Å². The number of hydrazone groups is 1. The molecule has 2 aromatic carbocycles. The van der Waals surface area contributed by atoms with Gasteiger partial charge in [0.05, 0.1) is 22.4 Å². The highest BCUT2D eigenvalue weighted by molar-refractivity contribution is 7.89. The van der Waals surface area contributed by atoms with Gasteiger partial charge in [-0.05, 0) is 61.9 Å². The maximum atomic E-state index is 12.3. The lowest BCUT2D eigenvalue weighted by molar-refractivity contribution is 0.102. The molecule has 29 heavy (non-hydrogen) atoms. The van der Waals surface area contributed by atoms with Crippen molar-refractivity contribution in [3.05, 3.63) is 82.8 Å². The van der Waals surface area contributed by atoms with Crippen molar-refractivity contribution in [3.8, 4) is 0 Å². The zero-order valence-corrected chi connectivity index (χ0v) is 17.2. The summed E-state index contributed by atoms with van der Waals surface area (Å²) in [5.41, 5.74) is 2.06. The Kier molecular flexibility index (Phi) is 6.05. The van der Waals surface area contributed by atoms with Gasteiger partial charge in [-0.2, -0.15) is 18.4 Å². The second kappa shape index (κ2) is 8.50. The van der Waals surface area contributed by atoms with Gasteiger partial charge < -0.3 is 9.73 Å². The van der Waals surface area contributed by atoms with Gasteiger partial charge in [-0.15, -0.1) is 0 Å². The summed E-state index contributed by atoms with van der Waals surface area (Å²) in [7, 11) is -3.82. The molecular formula is C20H18ClN3O4S. The lowest BCUT2D eigenvalue weighted by Gasteiger charge is -2.08. The maximum Gasteiger partial charge on any atom is 0.276 e. The Bertz CT molecular complexity index is 1170. The first-order valence-electron chi connectivity index (χ1n) is 8.54.